The van der Waals surface area contributed by atoms with Crippen molar-refractivity contribution in [2.24, 2.45) is 11.7 Å². The molecule has 0 saturated heterocycles. The minimum absolute atomic E-state index is 0.0924. The number of primary amides is 1. The molecule has 0 fully saturated rings. The molecule has 2 aromatic carbocycles. The molecule has 3 amide bonds. The summed E-state index contributed by atoms with van der Waals surface area (Å²) in [5.41, 5.74) is 6.79. The van der Waals surface area contributed by atoms with E-state index in [1.165, 1.54) is 11.8 Å². The van der Waals surface area contributed by atoms with Gasteiger partial charge >= 0.3 is 0 Å². The number of thioether (sulfide) groups is 1. The number of carbonyl (C=O) groups excluding carboxylic acids is 4. The minimum Gasteiger partial charge on any atom is -0.392 e. The second kappa shape index (κ2) is 15.6. The lowest BCUT2D eigenvalue weighted by Crippen LogP contribution is -2.45. The molecular weight excluding hydrogens is 602 g/mol. The molecule has 2 aromatic heterocycles. The van der Waals surface area contributed by atoms with E-state index in [2.05, 4.69) is 20.6 Å². The predicted molar refractivity (Wildman–Crippen MR) is 178 cm³/mol. The highest BCUT2D eigenvalue weighted by atomic mass is 32.2. The van der Waals surface area contributed by atoms with Crippen molar-refractivity contribution in [3.63, 3.8) is 0 Å². The molecule has 46 heavy (non-hydrogen) atoms. The van der Waals surface area contributed by atoms with Crippen LogP contribution >= 0.6 is 11.8 Å². The van der Waals surface area contributed by atoms with Gasteiger partial charge in [0.2, 0.25) is 5.91 Å². The number of para-hydroxylation sites is 1. The van der Waals surface area contributed by atoms with Crippen LogP contribution in [-0.2, 0) is 16.0 Å². The van der Waals surface area contributed by atoms with Crippen molar-refractivity contribution in [3.8, 4) is 0 Å². The summed E-state index contributed by atoms with van der Waals surface area (Å²) in [7, 11) is 0. The Morgan fingerprint density at radius 2 is 1.65 bits per heavy atom. The van der Waals surface area contributed by atoms with E-state index in [0.29, 0.717) is 22.4 Å². The maximum absolute atomic E-state index is 13.7. The van der Waals surface area contributed by atoms with Gasteiger partial charge in [0.25, 0.3) is 11.8 Å². The topological polar surface area (TPSA) is 164 Å². The van der Waals surface area contributed by atoms with Gasteiger partial charge in [-0.3, -0.25) is 24.2 Å². The van der Waals surface area contributed by atoms with E-state index in [1.54, 1.807) is 67.0 Å². The minimum atomic E-state index is -1.22. The van der Waals surface area contributed by atoms with E-state index < -0.39 is 47.6 Å². The van der Waals surface area contributed by atoms with Crippen molar-refractivity contribution >= 4 is 46.2 Å². The number of benzene rings is 2. The summed E-state index contributed by atoms with van der Waals surface area (Å²) in [5, 5.41) is 18.0. The standard InChI is InChI=1S/C35H39N5O5S/c1-35(2,3)40-33(44)26-12-6-4-10-23(26)17-30(41)24(21-46-25-11-8-16-37-20-25)18-31(42)29(19-32(36)43)39-34(45)28-15-14-22-9-5-7-13-27(22)38-28/h4-16,20,24,29-30,41H,17-19,21H2,1-3H3,(H2,36,43)(H,39,45)(H,40,44)/t24-,29+,30+/m1/s1. The normalized spacial score (nSPS) is 13.4. The molecule has 0 aliphatic carbocycles. The number of rotatable bonds is 14. The van der Waals surface area contributed by atoms with E-state index in [-0.39, 0.29) is 24.4 Å². The number of amides is 3. The highest BCUT2D eigenvalue weighted by molar-refractivity contribution is 7.99. The molecule has 0 radical (unpaired) electrons. The first kappa shape index (κ1) is 34.3. The molecule has 10 nitrogen and oxygen atoms in total. The molecule has 0 aliphatic heterocycles. The number of fused-ring (bicyclic) bond motifs is 1. The van der Waals surface area contributed by atoms with Crippen molar-refractivity contribution in [1.29, 1.82) is 0 Å². The van der Waals surface area contributed by atoms with Crippen LogP contribution in [0, 0.1) is 5.92 Å². The summed E-state index contributed by atoms with van der Waals surface area (Å²) in [6, 6.07) is 20.1. The van der Waals surface area contributed by atoms with Crippen LogP contribution in [0.2, 0.25) is 0 Å². The van der Waals surface area contributed by atoms with Crippen molar-refractivity contribution < 1.29 is 24.3 Å². The van der Waals surface area contributed by atoms with Crippen LogP contribution in [0.5, 0.6) is 0 Å². The van der Waals surface area contributed by atoms with Crippen molar-refractivity contribution in [3.05, 3.63) is 102 Å². The maximum atomic E-state index is 13.7. The van der Waals surface area contributed by atoms with Crippen molar-refractivity contribution in [2.75, 3.05) is 5.75 Å². The monoisotopic (exact) mass is 641 g/mol. The van der Waals surface area contributed by atoms with Crippen LogP contribution in [0.25, 0.3) is 10.9 Å². The Bertz CT molecular complexity index is 1690. The van der Waals surface area contributed by atoms with Crippen LogP contribution in [0.1, 0.15) is 60.0 Å². The smallest absolute Gasteiger partial charge is 0.270 e. The third-order valence-corrected chi connectivity index (χ3v) is 8.39. The lowest BCUT2D eigenvalue weighted by Gasteiger charge is -2.26. The number of Topliss-reactive ketones (excluding diaryl/α,β-unsaturated/α-hetero) is 1. The Hall–Kier alpha value is -4.61. The molecule has 0 saturated carbocycles. The van der Waals surface area contributed by atoms with Gasteiger partial charge in [0.1, 0.15) is 5.69 Å². The Morgan fingerprint density at radius 3 is 2.37 bits per heavy atom. The van der Waals surface area contributed by atoms with E-state index >= 15 is 0 Å². The molecule has 240 valence electrons. The highest BCUT2D eigenvalue weighted by Crippen LogP contribution is 2.27. The zero-order valence-corrected chi connectivity index (χ0v) is 26.9. The second-order valence-corrected chi connectivity index (χ2v) is 13.2. The Morgan fingerprint density at radius 1 is 0.913 bits per heavy atom. The fourth-order valence-corrected chi connectivity index (χ4v) is 5.99. The molecule has 3 atom stereocenters. The second-order valence-electron chi connectivity index (χ2n) is 12.1. The number of aliphatic hydroxyl groups is 1. The lowest BCUT2D eigenvalue weighted by molar-refractivity contribution is -0.126. The summed E-state index contributed by atoms with van der Waals surface area (Å²) in [6.07, 6.45) is 1.84. The van der Waals surface area contributed by atoms with E-state index in [0.717, 1.165) is 10.3 Å². The Kier molecular flexibility index (Phi) is 11.6. The molecular formula is C35H39N5O5S. The first-order valence-corrected chi connectivity index (χ1v) is 16.0. The van der Waals surface area contributed by atoms with Gasteiger partial charge < -0.3 is 21.5 Å². The van der Waals surface area contributed by atoms with Gasteiger partial charge in [0.05, 0.1) is 24.1 Å². The summed E-state index contributed by atoms with van der Waals surface area (Å²) in [4.78, 5) is 61.3. The van der Waals surface area contributed by atoms with Crippen LogP contribution in [-0.4, -0.2) is 62.0 Å². The highest BCUT2D eigenvalue weighted by Gasteiger charge is 2.30. The molecule has 4 aromatic rings. The average molecular weight is 642 g/mol. The van der Waals surface area contributed by atoms with E-state index in [4.69, 9.17) is 5.73 Å². The first-order chi connectivity index (χ1) is 21.9. The van der Waals surface area contributed by atoms with Crippen molar-refractivity contribution in [1.82, 2.24) is 20.6 Å². The molecule has 11 heteroatoms. The molecule has 2 heterocycles. The summed E-state index contributed by atoms with van der Waals surface area (Å²) >= 11 is 1.42. The SMILES string of the molecule is CC(C)(C)NC(=O)c1ccccc1C[C@H](O)[C@@H](CSc1cccnc1)CC(=O)[C@H](CC(N)=O)NC(=O)c1ccc2ccccc2n1. The number of nitrogens with two attached hydrogens (primary N) is 1. The number of nitrogens with one attached hydrogen (secondary N) is 2. The van der Waals surface area contributed by atoms with Crippen LogP contribution < -0.4 is 16.4 Å². The quantitative estimate of drug-likeness (QED) is 0.150. The maximum Gasteiger partial charge on any atom is 0.270 e. The third-order valence-electron chi connectivity index (χ3n) is 7.22. The van der Waals surface area contributed by atoms with E-state index in [9.17, 15) is 24.3 Å². The summed E-state index contributed by atoms with van der Waals surface area (Å²) < 4.78 is 0. The molecule has 0 aliphatic rings. The van der Waals surface area contributed by atoms with Gasteiger partial charge in [-0.2, -0.15) is 0 Å². The van der Waals surface area contributed by atoms with E-state index in [1.807, 2.05) is 39.0 Å². The number of aromatic nitrogens is 2. The number of pyridine rings is 2. The largest absolute Gasteiger partial charge is 0.392 e. The lowest BCUT2D eigenvalue weighted by atomic mass is 9.89. The van der Waals surface area contributed by atoms with Gasteiger partial charge in [-0.25, -0.2) is 4.98 Å². The molecule has 0 spiro atoms. The van der Waals surface area contributed by atoms with Gasteiger partial charge in [-0.1, -0.05) is 42.5 Å². The number of hydrogen-bond donors (Lipinski definition) is 4. The third kappa shape index (κ3) is 9.95. The van der Waals surface area contributed by atoms with Gasteiger partial charge in [0.15, 0.2) is 5.78 Å². The Balaban J connectivity index is 1.55. The number of carbonyl (C=O) groups is 4. The summed E-state index contributed by atoms with van der Waals surface area (Å²) in [5.74, 6) is -2.38. The summed E-state index contributed by atoms with van der Waals surface area (Å²) in [6.45, 7) is 5.66. The van der Waals surface area contributed by atoms with Gasteiger partial charge in [-0.05, 0) is 63.1 Å². The number of aliphatic hydroxyl groups excluding tert-OH is 1. The zero-order valence-electron chi connectivity index (χ0n) is 26.1. The molecule has 5 N–H and O–H groups in total. The predicted octanol–water partition coefficient (Wildman–Crippen LogP) is 4.10. The average Bonchev–Trinajstić information content (AvgIpc) is 3.02. The molecule has 4 rings (SSSR count). The van der Waals surface area contributed by atoms with Crippen LogP contribution in [0.3, 0.4) is 0 Å². The van der Waals surface area contributed by atoms with Crippen molar-refractivity contribution in [2.45, 2.75) is 62.6 Å². The number of ketones is 1. The fourth-order valence-electron chi connectivity index (χ4n) is 4.93. The fraction of sp³-hybridized carbons (Fsp3) is 0.314. The van der Waals surface area contributed by atoms with Crippen LogP contribution in [0.15, 0.2) is 90.1 Å². The molecule has 0 unspecified atom stereocenters. The number of nitrogens with zero attached hydrogens (tertiary/aromatic N) is 2. The number of hydrogen-bond acceptors (Lipinski definition) is 8. The van der Waals surface area contributed by atoms with Gasteiger partial charge in [0, 0.05) is 51.9 Å². The Labute approximate surface area is 272 Å². The van der Waals surface area contributed by atoms with Crippen LogP contribution in [0.4, 0.5) is 0 Å². The molecule has 0 bridgehead atoms. The first-order valence-electron chi connectivity index (χ1n) is 15.0. The van der Waals surface area contributed by atoms with Gasteiger partial charge in [-0.15, -0.1) is 11.8 Å². The zero-order chi connectivity index (χ0) is 33.3.